The smallest absolute Gasteiger partial charge is 0.417 e. The first-order chi connectivity index (χ1) is 5.91. The fourth-order valence-electron chi connectivity index (χ4n) is 0.816. The lowest BCUT2D eigenvalue weighted by molar-refractivity contribution is -0.142. The largest absolute Gasteiger partial charge is 0.480 e. The molecule has 3 N–H and O–H groups in total. The number of imide groups is 1. The summed E-state index contributed by atoms with van der Waals surface area (Å²) in [7, 11) is 0. The van der Waals surface area contributed by atoms with Crippen LogP contribution in [0.25, 0.3) is 0 Å². The van der Waals surface area contributed by atoms with Crippen LogP contribution in [0.3, 0.4) is 0 Å². The van der Waals surface area contributed by atoms with Crippen LogP contribution in [0.15, 0.2) is 0 Å². The quantitative estimate of drug-likeness (QED) is 0.598. The molecule has 0 aliphatic heterocycles. The van der Waals surface area contributed by atoms with Crippen LogP contribution in [-0.4, -0.2) is 44.4 Å². The van der Waals surface area contributed by atoms with Gasteiger partial charge in [0.2, 0.25) is 0 Å². The lowest BCUT2D eigenvalue weighted by Gasteiger charge is -2.19. The average Bonchev–Trinajstić information content (AvgIpc) is 1.97. The molecule has 2 amide bonds. The SMILES string of the molecule is CC[C@@H](C(=O)O)N(C(=O)O)C(=O)O. The van der Waals surface area contributed by atoms with Gasteiger partial charge in [-0.3, -0.25) is 0 Å². The van der Waals surface area contributed by atoms with Crippen molar-refractivity contribution in [3.63, 3.8) is 0 Å². The minimum atomic E-state index is -1.79. The van der Waals surface area contributed by atoms with Gasteiger partial charge in [-0.05, 0) is 6.42 Å². The standard InChI is InChI=1S/C6H9NO6/c1-2-3(4(8)9)7(5(10)11)6(12)13/h3H,2H2,1H3,(H,8,9)(H,10,11)(H,12,13)/t3-/m0/s1. The molecule has 0 aromatic rings. The predicted molar refractivity (Wildman–Crippen MR) is 39.6 cm³/mol. The molecule has 0 radical (unpaired) electrons. The zero-order valence-electron chi connectivity index (χ0n) is 6.80. The van der Waals surface area contributed by atoms with E-state index in [0.29, 0.717) is 0 Å². The number of carboxylic acids is 1. The van der Waals surface area contributed by atoms with E-state index in [9.17, 15) is 14.4 Å². The second kappa shape index (κ2) is 4.29. The summed E-state index contributed by atoms with van der Waals surface area (Å²) in [6, 6.07) is -1.55. The van der Waals surface area contributed by atoms with Crippen molar-refractivity contribution in [3.8, 4) is 0 Å². The Balaban J connectivity index is 4.80. The molecular formula is C6H9NO6. The third kappa shape index (κ3) is 2.62. The van der Waals surface area contributed by atoms with Gasteiger partial charge in [0, 0.05) is 0 Å². The van der Waals surface area contributed by atoms with Gasteiger partial charge >= 0.3 is 18.2 Å². The zero-order valence-corrected chi connectivity index (χ0v) is 6.80. The number of hydrogen-bond acceptors (Lipinski definition) is 3. The van der Waals surface area contributed by atoms with Gasteiger partial charge in [-0.1, -0.05) is 6.92 Å². The zero-order chi connectivity index (χ0) is 10.6. The predicted octanol–water partition coefficient (Wildman–Crippen LogP) is 0.508. The van der Waals surface area contributed by atoms with Crippen LogP contribution in [0.4, 0.5) is 9.59 Å². The first kappa shape index (κ1) is 11.2. The highest BCUT2D eigenvalue weighted by Crippen LogP contribution is 2.05. The third-order valence-electron chi connectivity index (χ3n) is 1.40. The summed E-state index contributed by atoms with van der Waals surface area (Å²) in [4.78, 5) is 30.9. The van der Waals surface area contributed by atoms with Gasteiger partial charge in [0.25, 0.3) is 0 Å². The molecule has 0 rings (SSSR count). The molecule has 13 heavy (non-hydrogen) atoms. The van der Waals surface area contributed by atoms with Crippen molar-refractivity contribution >= 4 is 18.2 Å². The van der Waals surface area contributed by atoms with E-state index in [-0.39, 0.29) is 11.3 Å². The van der Waals surface area contributed by atoms with E-state index in [1.807, 2.05) is 0 Å². The number of amides is 2. The van der Waals surface area contributed by atoms with Gasteiger partial charge in [-0.25, -0.2) is 14.4 Å². The molecule has 0 saturated carbocycles. The molecule has 0 aromatic carbocycles. The monoisotopic (exact) mass is 191 g/mol. The summed E-state index contributed by atoms with van der Waals surface area (Å²) < 4.78 is 0. The first-order valence-electron chi connectivity index (χ1n) is 3.39. The highest BCUT2D eigenvalue weighted by atomic mass is 16.4. The number of carbonyl (C=O) groups is 3. The molecule has 0 bridgehead atoms. The van der Waals surface area contributed by atoms with Crippen LogP contribution < -0.4 is 0 Å². The van der Waals surface area contributed by atoms with E-state index in [2.05, 4.69) is 0 Å². The molecule has 0 heterocycles. The number of aliphatic carboxylic acids is 1. The Morgan fingerprint density at radius 1 is 1.15 bits per heavy atom. The average molecular weight is 191 g/mol. The van der Waals surface area contributed by atoms with Crippen LogP contribution in [0.5, 0.6) is 0 Å². The van der Waals surface area contributed by atoms with E-state index in [1.165, 1.54) is 6.92 Å². The summed E-state index contributed by atoms with van der Waals surface area (Å²) in [5, 5.41) is 25.2. The Kier molecular flexibility index (Phi) is 3.70. The molecule has 1 atom stereocenters. The van der Waals surface area contributed by atoms with Gasteiger partial charge in [-0.2, -0.15) is 4.90 Å². The van der Waals surface area contributed by atoms with E-state index >= 15 is 0 Å². The molecule has 0 aliphatic carbocycles. The van der Waals surface area contributed by atoms with E-state index in [4.69, 9.17) is 15.3 Å². The molecule has 7 nitrogen and oxygen atoms in total. The Morgan fingerprint density at radius 2 is 1.54 bits per heavy atom. The molecular weight excluding hydrogens is 182 g/mol. The molecule has 0 unspecified atom stereocenters. The number of hydrogen-bond donors (Lipinski definition) is 3. The lowest BCUT2D eigenvalue weighted by Crippen LogP contribution is -2.47. The molecule has 0 aromatic heterocycles. The number of carboxylic acid groups (broad SMARTS) is 3. The van der Waals surface area contributed by atoms with Crippen LogP contribution in [0, 0.1) is 0 Å². The van der Waals surface area contributed by atoms with Gasteiger partial charge in [0.15, 0.2) is 0 Å². The van der Waals surface area contributed by atoms with Crippen LogP contribution in [0.2, 0.25) is 0 Å². The van der Waals surface area contributed by atoms with Crippen molar-refractivity contribution < 1.29 is 29.7 Å². The summed E-state index contributed by atoms with van der Waals surface area (Å²) in [6.07, 6.45) is -3.68. The molecule has 0 fully saturated rings. The minimum Gasteiger partial charge on any atom is -0.480 e. The van der Waals surface area contributed by atoms with Crippen molar-refractivity contribution in [1.29, 1.82) is 0 Å². The topological polar surface area (TPSA) is 115 Å². The fraction of sp³-hybridized carbons (Fsp3) is 0.500. The van der Waals surface area contributed by atoms with Crippen LogP contribution in [-0.2, 0) is 4.79 Å². The number of nitrogens with zero attached hydrogens (tertiary/aromatic N) is 1. The maximum atomic E-state index is 10.4. The second-order valence-electron chi connectivity index (χ2n) is 2.20. The summed E-state index contributed by atoms with van der Waals surface area (Å²) >= 11 is 0. The number of rotatable bonds is 3. The van der Waals surface area contributed by atoms with Crippen LogP contribution in [0.1, 0.15) is 13.3 Å². The van der Waals surface area contributed by atoms with Crippen molar-refractivity contribution in [2.45, 2.75) is 19.4 Å². The fourth-order valence-corrected chi connectivity index (χ4v) is 0.816. The highest BCUT2D eigenvalue weighted by Gasteiger charge is 2.33. The van der Waals surface area contributed by atoms with Gasteiger partial charge in [0.1, 0.15) is 6.04 Å². The van der Waals surface area contributed by atoms with Gasteiger partial charge in [-0.15, -0.1) is 0 Å². The van der Waals surface area contributed by atoms with Crippen molar-refractivity contribution in [3.05, 3.63) is 0 Å². The Bertz CT molecular complexity index is 223. The van der Waals surface area contributed by atoms with E-state index in [1.54, 1.807) is 0 Å². The Hall–Kier alpha value is -1.79. The minimum absolute atomic E-state index is 0.103. The molecule has 0 aliphatic rings. The van der Waals surface area contributed by atoms with Crippen LogP contribution >= 0.6 is 0 Å². The maximum Gasteiger partial charge on any atom is 0.417 e. The third-order valence-corrected chi connectivity index (χ3v) is 1.40. The molecule has 74 valence electrons. The van der Waals surface area contributed by atoms with E-state index in [0.717, 1.165) is 0 Å². The maximum absolute atomic E-state index is 10.4. The summed E-state index contributed by atoms with van der Waals surface area (Å²) in [5.41, 5.74) is 0. The van der Waals surface area contributed by atoms with Crippen molar-refractivity contribution in [2.24, 2.45) is 0 Å². The lowest BCUT2D eigenvalue weighted by atomic mass is 10.2. The van der Waals surface area contributed by atoms with Crippen molar-refractivity contribution in [2.75, 3.05) is 0 Å². The van der Waals surface area contributed by atoms with E-state index < -0.39 is 24.2 Å². The molecule has 0 spiro atoms. The summed E-state index contributed by atoms with van der Waals surface area (Å²) in [6.45, 7) is 1.39. The molecule has 0 saturated heterocycles. The van der Waals surface area contributed by atoms with Gasteiger partial charge < -0.3 is 15.3 Å². The summed E-state index contributed by atoms with van der Waals surface area (Å²) in [5.74, 6) is -1.48. The highest BCUT2D eigenvalue weighted by molar-refractivity contribution is 5.91. The first-order valence-corrected chi connectivity index (χ1v) is 3.39. The second-order valence-corrected chi connectivity index (χ2v) is 2.20. The van der Waals surface area contributed by atoms with Gasteiger partial charge in [0.05, 0.1) is 0 Å². The van der Waals surface area contributed by atoms with Crippen molar-refractivity contribution in [1.82, 2.24) is 4.90 Å². The molecule has 7 heteroatoms. The normalized spacial score (nSPS) is 11.8. The Labute approximate surface area is 73.2 Å². The Morgan fingerprint density at radius 3 is 1.62 bits per heavy atom.